The van der Waals surface area contributed by atoms with E-state index < -0.39 is 25.4 Å². The molecule has 0 unspecified atom stereocenters. The lowest BCUT2D eigenvalue weighted by molar-refractivity contribution is -0.274. The van der Waals surface area contributed by atoms with Crippen LogP contribution in [0.5, 0.6) is 34.5 Å². The smallest absolute Gasteiger partial charge is 0.517 e. The van der Waals surface area contributed by atoms with Crippen LogP contribution in [0.4, 0.5) is 0 Å². The van der Waals surface area contributed by atoms with Gasteiger partial charge in [-0.05, 0) is 18.2 Å². The average Bonchev–Trinajstić information content (AvgIpc) is 2.61. The largest absolute Gasteiger partial charge is 0.870 e. The van der Waals surface area contributed by atoms with Gasteiger partial charge in [-0.25, -0.2) is 0 Å². The molecular weight excluding hydrogens is 359 g/mol. The van der Waals surface area contributed by atoms with Gasteiger partial charge in [0, 0.05) is 0 Å². The number of hydrogen-bond acceptors (Lipinski definition) is 7. The van der Waals surface area contributed by atoms with Gasteiger partial charge in [-0.3, -0.25) is 13.6 Å². The molecule has 0 atom stereocenters. The fourth-order valence-corrected chi connectivity index (χ4v) is 3.28. The molecule has 7 nitrogen and oxygen atoms in total. The molecule has 3 aromatic rings. The molecule has 0 N–H and O–H groups in total. The van der Waals surface area contributed by atoms with Crippen molar-refractivity contribution in [3.8, 4) is 34.5 Å². The molecule has 26 heavy (non-hydrogen) atoms. The third-order valence-electron chi connectivity index (χ3n) is 3.18. The first kappa shape index (κ1) is 17.7. The van der Waals surface area contributed by atoms with Crippen LogP contribution in [0.2, 0.25) is 0 Å². The van der Waals surface area contributed by atoms with E-state index in [1.807, 2.05) is 0 Å². The summed E-state index contributed by atoms with van der Waals surface area (Å²) in [7, 11) is -4.57. The van der Waals surface area contributed by atoms with Crippen LogP contribution in [0.25, 0.3) is 0 Å². The maximum absolute atomic E-state index is 13.1. The molecule has 0 aliphatic rings. The van der Waals surface area contributed by atoms with E-state index in [-0.39, 0.29) is 17.2 Å². The van der Waals surface area contributed by atoms with Crippen molar-refractivity contribution in [1.82, 2.24) is 0 Å². The number of hydrogen-bond donors (Lipinski definition) is 0. The van der Waals surface area contributed by atoms with E-state index in [1.165, 1.54) is 72.8 Å². The predicted molar refractivity (Wildman–Crippen MR) is 86.5 cm³/mol. The topological polar surface area (TPSA) is 120 Å². The maximum Gasteiger partial charge on any atom is 0.517 e. The van der Waals surface area contributed by atoms with Crippen molar-refractivity contribution in [1.29, 1.82) is 0 Å². The normalized spacial score (nSPS) is 11.0. The van der Waals surface area contributed by atoms with Crippen LogP contribution in [-0.4, -0.2) is 0 Å². The zero-order valence-electron chi connectivity index (χ0n) is 13.2. The Hall–Kier alpha value is -3.15. The third kappa shape index (κ3) is 4.08. The SMILES string of the molecule is [O-]c1ccccc1O[P+]([O-])(Oc1ccccc1[O-])Oc1ccccc1[O-]. The fourth-order valence-electron chi connectivity index (χ4n) is 1.99. The fraction of sp³-hybridized carbons (Fsp3) is 0. The summed E-state index contributed by atoms with van der Waals surface area (Å²) in [4.78, 5) is 13.1. The highest BCUT2D eigenvalue weighted by atomic mass is 31.2. The minimum atomic E-state index is -4.57. The van der Waals surface area contributed by atoms with E-state index in [0.717, 1.165) is 0 Å². The molecule has 0 aliphatic carbocycles. The van der Waals surface area contributed by atoms with Crippen LogP contribution >= 0.6 is 8.17 Å². The van der Waals surface area contributed by atoms with Gasteiger partial charge in [0.15, 0.2) is 17.2 Å². The quantitative estimate of drug-likeness (QED) is 0.602. The lowest BCUT2D eigenvalue weighted by atomic mass is 10.3. The molecule has 0 spiro atoms. The van der Waals surface area contributed by atoms with E-state index in [4.69, 9.17) is 13.6 Å². The Kier molecular flexibility index (Phi) is 5.02. The third-order valence-corrected chi connectivity index (χ3v) is 4.44. The first-order valence-electron chi connectivity index (χ1n) is 7.44. The van der Waals surface area contributed by atoms with Gasteiger partial charge in [0.05, 0.1) is 0 Å². The van der Waals surface area contributed by atoms with Crippen LogP contribution in [0, 0.1) is 0 Å². The number of phosphoric ester groups is 1. The molecule has 0 heterocycles. The summed E-state index contributed by atoms with van der Waals surface area (Å²) in [5.41, 5.74) is 0. The molecule has 0 aromatic heterocycles. The van der Waals surface area contributed by atoms with E-state index in [1.54, 1.807) is 0 Å². The molecule has 3 rings (SSSR count). The zero-order valence-corrected chi connectivity index (χ0v) is 14.1. The minimum absolute atomic E-state index is 0.303. The van der Waals surface area contributed by atoms with Crippen molar-refractivity contribution < 1.29 is 33.8 Å². The van der Waals surface area contributed by atoms with Crippen LogP contribution in [0.15, 0.2) is 72.8 Å². The molecule has 0 radical (unpaired) electrons. The summed E-state index contributed by atoms with van der Waals surface area (Å²) < 4.78 is 15.5. The van der Waals surface area contributed by atoms with Gasteiger partial charge in [-0.2, -0.15) is 0 Å². The predicted octanol–water partition coefficient (Wildman–Crippen LogP) is 1.48. The summed E-state index contributed by atoms with van der Waals surface area (Å²) in [5.74, 6) is -2.60. The standard InChI is InChI=1S/C18H15O7P/c19-13-7-1-4-10-16(13)23-26(22,24-17-11-5-2-8-14(17)20)25-18-12-6-3-9-15(18)21/h1-12,19-21H/p-3. The summed E-state index contributed by atoms with van der Waals surface area (Å²) in [6.45, 7) is 0. The minimum Gasteiger partial charge on any atom is -0.870 e. The van der Waals surface area contributed by atoms with Crippen molar-refractivity contribution in [2.45, 2.75) is 0 Å². The Morgan fingerprint density at radius 2 is 0.769 bits per heavy atom. The number of benzene rings is 3. The molecule has 134 valence electrons. The van der Waals surface area contributed by atoms with Crippen molar-refractivity contribution in [2.24, 2.45) is 0 Å². The molecule has 3 aromatic carbocycles. The molecule has 0 aliphatic heterocycles. The van der Waals surface area contributed by atoms with Gasteiger partial charge in [0.1, 0.15) is 0 Å². The van der Waals surface area contributed by atoms with Crippen molar-refractivity contribution >= 4 is 8.17 Å². The van der Waals surface area contributed by atoms with Gasteiger partial charge in [-0.15, -0.1) is 0 Å². The van der Waals surface area contributed by atoms with E-state index in [2.05, 4.69) is 0 Å². The van der Waals surface area contributed by atoms with Crippen LogP contribution in [-0.2, 0) is 0 Å². The first-order chi connectivity index (χ1) is 12.5. The maximum atomic E-state index is 13.1. The highest BCUT2D eigenvalue weighted by Crippen LogP contribution is 2.56. The van der Waals surface area contributed by atoms with Crippen molar-refractivity contribution in [3.05, 3.63) is 72.8 Å². The zero-order chi connectivity index (χ0) is 18.6. The van der Waals surface area contributed by atoms with Crippen molar-refractivity contribution in [3.63, 3.8) is 0 Å². The monoisotopic (exact) mass is 371 g/mol. The summed E-state index contributed by atoms with van der Waals surface area (Å²) in [6.07, 6.45) is 0. The molecule has 0 saturated carbocycles. The number of rotatable bonds is 6. The Morgan fingerprint density at radius 1 is 0.500 bits per heavy atom. The van der Waals surface area contributed by atoms with Gasteiger partial charge >= 0.3 is 8.17 Å². The van der Waals surface area contributed by atoms with Gasteiger partial charge in [-0.1, -0.05) is 71.8 Å². The highest BCUT2D eigenvalue weighted by Gasteiger charge is 2.38. The average molecular weight is 371 g/mol. The Balaban J connectivity index is 1.96. The molecule has 0 bridgehead atoms. The van der Waals surface area contributed by atoms with Gasteiger partial charge in [0.25, 0.3) is 0 Å². The summed E-state index contributed by atoms with van der Waals surface area (Å²) in [5, 5.41) is 35.6. The van der Waals surface area contributed by atoms with Crippen LogP contribution in [0.3, 0.4) is 0 Å². The number of para-hydroxylation sites is 6. The molecule has 0 amide bonds. The van der Waals surface area contributed by atoms with E-state index in [9.17, 15) is 20.2 Å². The second kappa shape index (κ2) is 7.39. The molecular formula is C18H12O7P-3. The lowest BCUT2D eigenvalue weighted by Crippen LogP contribution is -2.27. The van der Waals surface area contributed by atoms with Gasteiger partial charge in [0.2, 0.25) is 0 Å². The van der Waals surface area contributed by atoms with E-state index in [0.29, 0.717) is 0 Å². The number of phosphoric acid groups is 1. The molecule has 8 heteroatoms. The van der Waals surface area contributed by atoms with E-state index >= 15 is 0 Å². The molecule has 0 fully saturated rings. The first-order valence-corrected chi connectivity index (χ1v) is 8.90. The summed E-state index contributed by atoms with van der Waals surface area (Å²) in [6, 6.07) is 16.3. The summed E-state index contributed by atoms with van der Waals surface area (Å²) >= 11 is 0. The Bertz CT molecular complexity index is 784. The Labute approximate surface area is 149 Å². The second-order valence-electron chi connectivity index (χ2n) is 5.06. The van der Waals surface area contributed by atoms with Crippen molar-refractivity contribution in [2.75, 3.05) is 0 Å². The van der Waals surface area contributed by atoms with Crippen LogP contribution < -0.4 is 33.8 Å². The highest BCUT2D eigenvalue weighted by molar-refractivity contribution is 7.55. The molecule has 0 saturated heterocycles. The van der Waals surface area contributed by atoms with Crippen LogP contribution in [0.1, 0.15) is 0 Å². The lowest BCUT2D eigenvalue weighted by Gasteiger charge is -2.29. The Morgan fingerprint density at radius 3 is 1.04 bits per heavy atom. The van der Waals surface area contributed by atoms with Gasteiger partial charge < -0.3 is 20.2 Å². The second-order valence-corrected chi connectivity index (χ2v) is 6.50.